The number of amides is 3. The smallest absolute Gasteiger partial charge is 0.408 e. The Labute approximate surface area is 285 Å². The molecule has 260 valence electrons. The lowest BCUT2D eigenvalue weighted by Gasteiger charge is -2.31. The minimum absolute atomic E-state index is 0.00172. The molecule has 3 aromatic rings. The van der Waals surface area contributed by atoms with Crippen molar-refractivity contribution in [1.29, 1.82) is 0 Å². The van der Waals surface area contributed by atoms with Gasteiger partial charge in [0.1, 0.15) is 40.8 Å². The molecule has 5 rings (SSSR count). The summed E-state index contributed by atoms with van der Waals surface area (Å²) in [5.41, 5.74) is -0.137. The summed E-state index contributed by atoms with van der Waals surface area (Å²) in [6.07, 6.45) is 0.341. The van der Waals surface area contributed by atoms with E-state index in [4.69, 9.17) is 19.2 Å². The van der Waals surface area contributed by atoms with Gasteiger partial charge in [-0.05, 0) is 45.2 Å². The molecule has 12 heteroatoms. The number of carboxylic acids is 1. The van der Waals surface area contributed by atoms with Crippen molar-refractivity contribution in [2.75, 3.05) is 13.7 Å². The van der Waals surface area contributed by atoms with Crippen molar-refractivity contribution in [2.45, 2.75) is 76.8 Å². The van der Waals surface area contributed by atoms with E-state index in [2.05, 4.69) is 17.2 Å². The zero-order valence-corrected chi connectivity index (χ0v) is 28.7. The Hall–Kier alpha value is -5.13. The Morgan fingerprint density at radius 2 is 1.82 bits per heavy atom. The average molecular weight is 673 g/mol. The number of nitrogens with one attached hydrogen (secondary N) is 2. The van der Waals surface area contributed by atoms with Gasteiger partial charge in [-0.15, -0.1) is 6.58 Å². The molecular formula is C37H44N4O8. The lowest BCUT2D eigenvalue weighted by atomic mass is 10.0. The van der Waals surface area contributed by atoms with Crippen LogP contribution in [0, 0.1) is 11.8 Å². The minimum Gasteiger partial charge on any atom is -0.497 e. The molecule has 12 nitrogen and oxygen atoms in total. The molecule has 1 aliphatic heterocycles. The van der Waals surface area contributed by atoms with Crippen LogP contribution in [0.1, 0.15) is 47.5 Å². The van der Waals surface area contributed by atoms with E-state index >= 15 is 0 Å². The Bertz CT molecular complexity index is 1750. The molecule has 1 aliphatic carbocycles. The number of carbonyl (C=O) groups is 4. The highest BCUT2D eigenvalue weighted by Crippen LogP contribution is 2.45. The average Bonchev–Trinajstić information content (AvgIpc) is 3.61. The van der Waals surface area contributed by atoms with E-state index < -0.39 is 59.1 Å². The number of nitrogens with zero attached hydrogens (tertiary/aromatic N) is 2. The number of hydrogen-bond donors (Lipinski definition) is 3. The number of benzene rings is 2. The summed E-state index contributed by atoms with van der Waals surface area (Å²) in [4.78, 5) is 59.4. The van der Waals surface area contributed by atoms with Gasteiger partial charge in [0.25, 0.3) is 0 Å². The van der Waals surface area contributed by atoms with Crippen LogP contribution in [-0.2, 0) is 19.1 Å². The highest BCUT2D eigenvalue weighted by molar-refractivity contribution is 5.96. The van der Waals surface area contributed by atoms with Crippen LogP contribution in [0.15, 0.2) is 67.3 Å². The van der Waals surface area contributed by atoms with E-state index in [-0.39, 0.29) is 25.3 Å². The number of rotatable bonds is 11. The molecule has 3 N–H and O–H groups in total. The molecule has 3 amide bonds. The largest absolute Gasteiger partial charge is 0.497 e. The summed E-state index contributed by atoms with van der Waals surface area (Å²) in [5.74, 6) is -2.01. The van der Waals surface area contributed by atoms with Gasteiger partial charge in [0.15, 0.2) is 0 Å². The third-order valence-corrected chi connectivity index (χ3v) is 8.82. The van der Waals surface area contributed by atoms with Gasteiger partial charge in [0, 0.05) is 35.4 Å². The van der Waals surface area contributed by atoms with Crippen LogP contribution in [0.25, 0.3) is 22.2 Å². The van der Waals surface area contributed by atoms with Gasteiger partial charge >= 0.3 is 12.1 Å². The van der Waals surface area contributed by atoms with E-state index in [9.17, 15) is 24.3 Å². The molecule has 0 bridgehead atoms. The van der Waals surface area contributed by atoms with E-state index in [0.717, 1.165) is 5.56 Å². The third-order valence-electron chi connectivity index (χ3n) is 8.82. The second kappa shape index (κ2) is 13.8. The van der Waals surface area contributed by atoms with Crippen molar-refractivity contribution < 1.29 is 38.5 Å². The van der Waals surface area contributed by atoms with E-state index in [0.29, 0.717) is 28.1 Å². The summed E-state index contributed by atoms with van der Waals surface area (Å²) in [6.45, 7) is 12.4. The molecule has 1 saturated heterocycles. The van der Waals surface area contributed by atoms with Gasteiger partial charge in [-0.3, -0.25) is 9.59 Å². The number of methoxy groups -OCH3 is 1. The second-order valence-electron chi connectivity index (χ2n) is 13.9. The summed E-state index contributed by atoms with van der Waals surface area (Å²) < 4.78 is 17.5. The molecule has 1 aromatic heterocycles. The van der Waals surface area contributed by atoms with Crippen LogP contribution < -0.4 is 20.1 Å². The molecule has 1 saturated carbocycles. The fourth-order valence-electron chi connectivity index (χ4n) is 6.16. The molecular weight excluding hydrogens is 628 g/mol. The van der Waals surface area contributed by atoms with Crippen LogP contribution in [-0.4, -0.2) is 81.8 Å². The Morgan fingerprint density at radius 1 is 1.10 bits per heavy atom. The topological polar surface area (TPSA) is 156 Å². The summed E-state index contributed by atoms with van der Waals surface area (Å²) in [7, 11) is 1.57. The maximum atomic E-state index is 14.2. The number of alkyl carbamates (subject to hydrolysis) is 1. The number of aliphatic carboxylic acids is 1. The number of hydrogen-bond acceptors (Lipinski definition) is 8. The number of aromatic nitrogens is 1. The predicted octanol–water partition coefficient (Wildman–Crippen LogP) is 4.95. The predicted molar refractivity (Wildman–Crippen MR) is 183 cm³/mol. The molecule has 2 aliphatic rings. The number of ether oxygens (including phenoxy) is 3. The number of carbonyl (C=O) groups excluding carboxylic acids is 3. The monoisotopic (exact) mass is 672 g/mol. The lowest BCUT2D eigenvalue weighted by molar-refractivity contribution is -0.146. The number of pyridine rings is 1. The maximum Gasteiger partial charge on any atom is 0.408 e. The molecule has 5 atom stereocenters. The van der Waals surface area contributed by atoms with E-state index in [1.807, 2.05) is 48.5 Å². The van der Waals surface area contributed by atoms with Crippen molar-refractivity contribution in [3.63, 3.8) is 0 Å². The molecule has 49 heavy (non-hydrogen) atoms. The first-order valence-corrected chi connectivity index (χ1v) is 16.3. The van der Waals surface area contributed by atoms with Gasteiger partial charge in [-0.25, -0.2) is 14.6 Å². The molecule has 2 aromatic carbocycles. The van der Waals surface area contributed by atoms with Gasteiger partial charge in [-0.1, -0.05) is 50.3 Å². The minimum atomic E-state index is -1.50. The van der Waals surface area contributed by atoms with Crippen molar-refractivity contribution in [3.05, 3.63) is 67.3 Å². The molecule has 2 fully saturated rings. The van der Waals surface area contributed by atoms with Crippen LogP contribution in [0.4, 0.5) is 4.79 Å². The zero-order chi connectivity index (χ0) is 35.7. The van der Waals surface area contributed by atoms with Crippen LogP contribution in [0.3, 0.4) is 0 Å². The SMILES string of the molecule is C=CC1CC1(NC(=O)C1CC(Oc2cc(-c3ccccc3)nc3cc(OC)ccc23)CN1C(=O)[C@@H](NC(=O)OC(C)(C)C)C(C)C)C(=O)O. The van der Waals surface area contributed by atoms with Crippen molar-refractivity contribution >= 4 is 34.8 Å². The van der Waals surface area contributed by atoms with Crippen molar-refractivity contribution in [2.24, 2.45) is 11.8 Å². The molecule has 2 heterocycles. The first-order valence-electron chi connectivity index (χ1n) is 16.3. The first-order chi connectivity index (χ1) is 23.2. The fraction of sp³-hybridized carbons (Fsp3) is 0.432. The van der Waals surface area contributed by atoms with E-state index in [1.54, 1.807) is 47.8 Å². The summed E-state index contributed by atoms with van der Waals surface area (Å²) in [5, 5.41) is 16.1. The number of likely N-dealkylation sites (tertiary alicyclic amines) is 1. The van der Waals surface area contributed by atoms with Crippen LogP contribution in [0.2, 0.25) is 0 Å². The van der Waals surface area contributed by atoms with Gasteiger partial charge < -0.3 is 34.9 Å². The highest BCUT2D eigenvalue weighted by Gasteiger charge is 2.61. The van der Waals surface area contributed by atoms with Crippen LogP contribution >= 0.6 is 0 Å². The quantitative estimate of drug-likeness (QED) is 0.240. The summed E-state index contributed by atoms with van der Waals surface area (Å²) >= 11 is 0. The molecule has 0 radical (unpaired) electrons. The van der Waals surface area contributed by atoms with Gasteiger partial charge in [0.2, 0.25) is 11.8 Å². The van der Waals surface area contributed by atoms with Gasteiger partial charge in [0.05, 0.1) is 24.9 Å². The van der Waals surface area contributed by atoms with Gasteiger partial charge in [-0.2, -0.15) is 0 Å². The van der Waals surface area contributed by atoms with Crippen molar-refractivity contribution in [1.82, 2.24) is 20.5 Å². The highest BCUT2D eigenvalue weighted by atomic mass is 16.6. The Balaban J connectivity index is 1.49. The van der Waals surface area contributed by atoms with Crippen molar-refractivity contribution in [3.8, 4) is 22.8 Å². The second-order valence-corrected chi connectivity index (χ2v) is 13.9. The fourth-order valence-corrected chi connectivity index (χ4v) is 6.16. The third kappa shape index (κ3) is 7.63. The maximum absolute atomic E-state index is 14.2. The summed E-state index contributed by atoms with van der Waals surface area (Å²) in [6, 6.07) is 14.8. The molecule has 0 spiro atoms. The first kappa shape index (κ1) is 35.2. The lowest BCUT2D eigenvalue weighted by Crippen LogP contribution is -2.57. The standard InChI is InChI=1S/C37H44N4O8/c1-8-23-19-37(23,34(44)45)40-32(42)29-17-25(20-41(29)33(43)31(21(2)3)39-35(46)49-36(4,5)6)48-30-18-27(22-12-10-9-11-13-22)38-28-16-24(47-7)14-15-26(28)30/h8-16,18,21,23,25,29,31H,1,17,19-20H2,2-7H3,(H,39,46)(H,40,42)(H,44,45)/t23?,25?,29?,31-,37?/m0/s1. The number of fused-ring (bicyclic) bond motifs is 1. The normalized spacial score (nSPS) is 22.3. The zero-order valence-electron chi connectivity index (χ0n) is 28.7. The molecule has 4 unspecified atom stereocenters. The van der Waals surface area contributed by atoms with E-state index in [1.165, 1.54) is 11.0 Å². The Morgan fingerprint density at radius 3 is 2.41 bits per heavy atom. The Kier molecular flexibility index (Phi) is 9.89. The number of carboxylic acid groups (broad SMARTS) is 1. The van der Waals surface area contributed by atoms with Crippen LogP contribution in [0.5, 0.6) is 11.5 Å².